The predicted octanol–water partition coefficient (Wildman–Crippen LogP) is 3.29. The van der Waals surface area contributed by atoms with E-state index in [1.54, 1.807) is 0 Å². The number of nitrogens with one attached hydrogen (secondary N) is 2. The lowest BCUT2D eigenvalue weighted by Crippen LogP contribution is -2.50. The molecule has 1 atom stereocenters. The Morgan fingerprint density at radius 3 is 2.69 bits per heavy atom. The Kier molecular flexibility index (Phi) is 6.75. The minimum Gasteiger partial charge on any atom is -0.477 e. The number of hydrogen-bond acceptors (Lipinski definition) is 4. The van der Waals surface area contributed by atoms with E-state index >= 15 is 0 Å². The molecular weight excluding hydrogens is 366 g/mol. The molecule has 0 saturated heterocycles. The van der Waals surface area contributed by atoms with Crippen molar-refractivity contribution in [2.45, 2.75) is 39.7 Å². The van der Waals surface area contributed by atoms with Crippen LogP contribution in [0.5, 0.6) is 5.75 Å². The highest BCUT2D eigenvalue weighted by atomic mass is 16.5. The van der Waals surface area contributed by atoms with Gasteiger partial charge in [0.25, 0.3) is 5.91 Å². The van der Waals surface area contributed by atoms with Crippen LogP contribution in [0.3, 0.4) is 0 Å². The van der Waals surface area contributed by atoms with Gasteiger partial charge in [-0.1, -0.05) is 44.2 Å². The fraction of sp³-hybridized carbons (Fsp3) is 0.391. The molecule has 0 aromatic heterocycles. The van der Waals surface area contributed by atoms with Crippen molar-refractivity contribution in [3.05, 3.63) is 53.6 Å². The van der Waals surface area contributed by atoms with E-state index in [1.807, 2.05) is 61.2 Å². The van der Waals surface area contributed by atoms with Crippen LogP contribution in [-0.4, -0.2) is 37.6 Å². The third-order valence-electron chi connectivity index (χ3n) is 5.04. The quantitative estimate of drug-likeness (QED) is 0.755. The summed E-state index contributed by atoms with van der Waals surface area (Å²) < 4.78 is 5.89. The van der Waals surface area contributed by atoms with E-state index in [1.165, 1.54) is 0 Å². The number of ether oxygens (including phenoxy) is 1. The fourth-order valence-corrected chi connectivity index (χ4v) is 3.51. The van der Waals surface area contributed by atoms with Gasteiger partial charge in [0.05, 0.1) is 18.8 Å². The van der Waals surface area contributed by atoms with E-state index < -0.39 is 6.10 Å². The largest absolute Gasteiger partial charge is 0.477 e. The lowest BCUT2D eigenvalue weighted by Gasteiger charge is -2.35. The average Bonchev–Trinajstić information content (AvgIpc) is 2.73. The minimum absolute atomic E-state index is 0.113. The highest BCUT2D eigenvalue weighted by Crippen LogP contribution is 2.33. The standard InChI is InChI=1S/C23H29N3O3/c1-4-13-24-23(28)20-14-26(18-11-6-7-12-19(18)29-20)15-21(27)25-22-16(3)9-8-10-17(22)5-2/h6-12,20H,4-5,13-15H2,1-3H3,(H,24,28)(H,25,27)/t20-/m0/s1. The minimum atomic E-state index is -0.645. The molecule has 154 valence electrons. The Bertz CT molecular complexity index is 881. The van der Waals surface area contributed by atoms with Crippen LogP contribution in [-0.2, 0) is 16.0 Å². The predicted molar refractivity (Wildman–Crippen MR) is 116 cm³/mol. The number of carbonyl (C=O) groups is 2. The highest BCUT2D eigenvalue weighted by molar-refractivity contribution is 5.96. The van der Waals surface area contributed by atoms with Crippen LogP contribution < -0.4 is 20.3 Å². The SMILES string of the molecule is CCCNC(=O)[C@@H]1CN(CC(=O)Nc2c(C)cccc2CC)c2ccccc2O1. The molecule has 0 fully saturated rings. The first kappa shape index (κ1) is 20.7. The van der Waals surface area contributed by atoms with E-state index in [0.717, 1.165) is 35.3 Å². The third-order valence-corrected chi connectivity index (χ3v) is 5.04. The normalized spacial score (nSPS) is 15.3. The number of rotatable bonds is 7. The molecular formula is C23H29N3O3. The Morgan fingerprint density at radius 2 is 1.93 bits per heavy atom. The summed E-state index contributed by atoms with van der Waals surface area (Å²) in [5.74, 6) is 0.352. The molecule has 1 heterocycles. The Labute approximate surface area is 172 Å². The van der Waals surface area contributed by atoms with Crippen LogP contribution in [0.2, 0.25) is 0 Å². The molecule has 1 aliphatic rings. The molecule has 2 aromatic rings. The Balaban J connectivity index is 1.76. The monoisotopic (exact) mass is 395 g/mol. The van der Waals surface area contributed by atoms with Gasteiger partial charge in [0.1, 0.15) is 5.75 Å². The van der Waals surface area contributed by atoms with Gasteiger partial charge in [0.15, 0.2) is 6.10 Å². The fourth-order valence-electron chi connectivity index (χ4n) is 3.51. The molecule has 0 radical (unpaired) electrons. The summed E-state index contributed by atoms with van der Waals surface area (Å²) in [4.78, 5) is 27.2. The van der Waals surface area contributed by atoms with Crippen molar-refractivity contribution in [1.82, 2.24) is 5.32 Å². The molecule has 6 nitrogen and oxygen atoms in total. The van der Waals surface area contributed by atoms with E-state index in [2.05, 4.69) is 17.6 Å². The number of fused-ring (bicyclic) bond motifs is 1. The van der Waals surface area contributed by atoms with E-state index in [0.29, 0.717) is 18.8 Å². The molecule has 29 heavy (non-hydrogen) atoms. The van der Waals surface area contributed by atoms with Crippen molar-refractivity contribution in [3.8, 4) is 5.75 Å². The summed E-state index contributed by atoms with van der Waals surface area (Å²) in [6.45, 7) is 7.15. The van der Waals surface area contributed by atoms with Crippen LogP contribution in [0.4, 0.5) is 11.4 Å². The van der Waals surface area contributed by atoms with Crippen molar-refractivity contribution in [3.63, 3.8) is 0 Å². The third kappa shape index (κ3) is 4.88. The average molecular weight is 396 g/mol. The number of aryl methyl sites for hydroxylation is 2. The van der Waals surface area contributed by atoms with Gasteiger partial charge in [0, 0.05) is 12.2 Å². The lowest BCUT2D eigenvalue weighted by molar-refractivity contribution is -0.128. The van der Waals surface area contributed by atoms with Crippen LogP contribution >= 0.6 is 0 Å². The number of para-hydroxylation sites is 3. The van der Waals surface area contributed by atoms with E-state index in [9.17, 15) is 9.59 Å². The van der Waals surface area contributed by atoms with E-state index in [4.69, 9.17) is 4.74 Å². The smallest absolute Gasteiger partial charge is 0.262 e. The Morgan fingerprint density at radius 1 is 1.14 bits per heavy atom. The van der Waals surface area contributed by atoms with Crippen LogP contribution in [0.1, 0.15) is 31.4 Å². The van der Waals surface area contributed by atoms with Crippen molar-refractivity contribution >= 4 is 23.2 Å². The second-order valence-corrected chi connectivity index (χ2v) is 7.26. The van der Waals surface area contributed by atoms with Crippen LogP contribution in [0.15, 0.2) is 42.5 Å². The summed E-state index contributed by atoms with van der Waals surface area (Å²) in [6, 6.07) is 13.5. The molecule has 2 amide bonds. The molecule has 2 aromatic carbocycles. The van der Waals surface area contributed by atoms with E-state index in [-0.39, 0.29) is 18.4 Å². The molecule has 0 saturated carbocycles. The van der Waals surface area contributed by atoms with Gasteiger partial charge in [0.2, 0.25) is 5.91 Å². The zero-order chi connectivity index (χ0) is 20.8. The lowest BCUT2D eigenvalue weighted by atomic mass is 10.1. The first-order valence-corrected chi connectivity index (χ1v) is 10.2. The summed E-state index contributed by atoms with van der Waals surface area (Å²) >= 11 is 0. The summed E-state index contributed by atoms with van der Waals surface area (Å²) in [7, 11) is 0. The summed E-state index contributed by atoms with van der Waals surface area (Å²) in [5.41, 5.74) is 3.84. The van der Waals surface area contributed by atoms with Gasteiger partial charge in [-0.05, 0) is 43.0 Å². The molecule has 2 N–H and O–H groups in total. The van der Waals surface area contributed by atoms with Crippen molar-refractivity contribution < 1.29 is 14.3 Å². The molecule has 0 unspecified atom stereocenters. The first-order valence-electron chi connectivity index (χ1n) is 10.2. The number of benzene rings is 2. The van der Waals surface area contributed by atoms with Gasteiger partial charge < -0.3 is 20.3 Å². The van der Waals surface area contributed by atoms with Gasteiger partial charge >= 0.3 is 0 Å². The second-order valence-electron chi connectivity index (χ2n) is 7.26. The number of anilines is 2. The Hall–Kier alpha value is -3.02. The maximum Gasteiger partial charge on any atom is 0.262 e. The van der Waals surface area contributed by atoms with Crippen LogP contribution in [0.25, 0.3) is 0 Å². The maximum atomic E-state index is 12.9. The van der Waals surface area contributed by atoms with Gasteiger partial charge in [-0.15, -0.1) is 0 Å². The van der Waals surface area contributed by atoms with Gasteiger partial charge in [-0.2, -0.15) is 0 Å². The van der Waals surface area contributed by atoms with Crippen molar-refractivity contribution in [2.24, 2.45) is 0 Å². The number of carbonyl (C=O) groups excluding carboxylic acids is 2. The molecule has 0 aliphatic carbocycles. The zero-order valence-corrected chi connectivity index (χ0v) is 17.3. The molecule has 1 aliphatic heterocycles. The molecule has 6 heteroatoms. The van der Waals surface area contributed by atoms with Crippen LogP contribution in [0, 0.1) is 6.92 Å². The first-order chi connectivity index (χ1) is 14.0. The number of nitrogens with zero attached hydrogens (tertiary/aromatic N) is 1. The van der Waals surface area contributed by atoms with Gasteiger partial charge in [-0.25, -0.2) is 0 Å². The summed E-state index contributed by atoms with van der Waals surface area (Å²) in [6.07, 6.45) is 1.06. The highest BCUT2D eigenvalue weighted by Gasteiger charge is 2.31. The second kappa shape index (κ2) is 9.45. The maximum absolute atomic E-state index is 12.9. The number of hydrogen-bond donors (Lipinski definition) is 2. The van der Waals surface area contributed by atoms with Crippen molar-refractivity contribution in [1.29, 1.82) is 0 Å². The summed E-state index contributed by atoms with van der Waals surface area (Å²) in [5, 5.41) is 5.94. The zero-order valence-electron chi connectivity index (χ0n) is 17.3. The topological polar surface area (TPSA) is 70.7 Å². The molecule has 3 rings (SSSR count). The molecule has 0 spiro atoms. The molecule has 0 bridgehead atoms. The van der Waals surface area contributed by atoms with Crippen molar-refractivity contribution in [2.75, 3.05) is 29.9 Å². The number of amides is 2. The van der Waals surface area contributed by atoms with Gasteiger partial charge in [-0.3, -0.25) is 9.59 Å².